The van der Waals surface area contributed by atoms with Crippen LogP contribution in [-0.4, -0.2) is 36.4 Å². The van der Waals surface area contributed by atoms with Gasteiger partial charge in [-0.25, -0.2) is 12.8 Å². The van der Waals surface area contributed by atoms with E-state index in [1.54, 1.807) is 0 Å². The number of benzene rings is 1. The lowest BCUT2D eigenvalue weighted by Gasteiger charge is -2.22. The summed E-state index contributed by atoms with van der Waals surface area (Å²) < 4.78 is 38.7. The first kappa shape index (κ1) is 14.0. The monoisotopic (exact) mass is 287 g/mol. The van der Waals surface area contributed by atoms with Crippen molar-refractivity contribution in [2.75, 3.05) is 6.54 Å². The van der Waals surface area contributed by atoms with Gasteiger partial charge in [-0.3, -0.25) is 4.79 Å². The first-order chi connectivity index (χ1) is 8.91. The Morgan fingerprint density at radius 3 is 2.58 bits per heavy atom. The van der Waals surface area contributed by atoms with E-state index in [2.05, 4.69) is 0 Å². The molecule has 1 saturated heterocycles. The maximum Gasteiger partial charge on any atom is 0.304 e. The smallest absolute Gasteiger partial charge is 0.304 e. The summed E-state index contributed by atoms with van der Waals surface area (Å²) in [5, 5.41) is 8.79. The molecule has 19 heavy (non-hydrogen) atoms. The van der Waals surface area contributed by atoms with Gasteiger partial charge in [0, 0.05) is 12.6 Å². The highest BCUT2D eigenvalue weighted by Gasteiger charge is 2.36. The van der Waals surface area contributed by atoms with Crippen molar-refractivity contribution >= 4 is 16.0 Å². The molecule has 0 saturated carbocycles. The van der Waals surface area contributed by atoms with E-state index in [-0.39, 0.29) is 11.3 Å². The number of halogens is 1. The molecule has 1 fully saturated rings. The van der Waals surface area contributed by atoms with E-state index in [1.165, 1.54) is 16.4 Å². The first-order valence-corrected chi connectivity index (χ1v) is 7.34. The first-order valence-electron chi connectivity index (χ1n) is 5.90. The summed E-state index contributed by atoms with van der Waals surface area (Å²) >= 11 is 0. The Bertz CT molecular complexity index is 570. The summed E-state index contributed by atoms with van der Waals surface area (Å²) in [5.74, 6) is -1.53. The van der Waals surface area contributed by atoms with Gasteiger partial charge in [0.05, 0.1) is 11.3 Å². The van der Waals surface area contributed by atoms with E-state index in [0.29, 0.717) is 19.4 Å². The minimum Gasteiger partial charge on any atom is -0.481 e. The molecule has 0 radical (unpaired) electrons. The van der Waals surface area contributed by atoms with Crippen molar-refractivity contribution in [2.24, 2.45) is 0 Å². The van der Waals surface area contributed by atoms with Crippen LogP contribution in [0.5, 0.6) is 0 Å². The molecule has 1 N–H and O–H groups in total. The van der Waals surface area contributed by atoms with E-state index in [9.17, 15) is 17.6 Å². The number of carboxylic acid groups (broad SMARTS) is 1. The number of carboxylic acids is 1. The maximum atomic E-state index is 12.8. The number of carbonyl (C=O) groups is 1. The number of nitrogens with zero attached hydrogens (tertiary/aromatic N) is 1. The van der Waals surface area contributed by atoms with Crippen LogP contribution in [0, 0.1) is 5.82 Å². The van der Waals surface area contributed by atoms with Gasteiger partial charge in [-0.15, -0.1) is 0 Å². The highest BCUT2D eigenvalue weighted by atomic mass is 32.2. The zero-order valence-corrected chi connectivity index (χ0v) is 10.9. The molecule has 1 atom stereocenters. The minimum absolute atomic E-state index is 0.00816. The maximum absolute atomic E-state index is 12.8. The summed E-state index contributed by atoms with van der Waals surface area (Å²) in [5.41, 5.74) is 0. The van der Waals surface area contributed by atoms with E-state index in [1.807, 2.05) is 0 Å². The zero-order valence-electron chi connectivity index (χ0n) is 10.1. The molecule has 0 aromatic heterocycles. The van der Waals surface area contributed by atoms with Crippen LogP contribution in [0.4, 0.5) is 4.39 Å². The molecule has 0 bridgehead atoms. The number of aliphatic carboxylic acids is 1. The Morgan fingerprint density at radius 1 is 1.37 bits per heavy atom. The SMILES string of the molecule is O=C(O)C[C@@H]1CCCN1S(=O)(=O)c1ccc(F)cc1. The van der Waals surface area contributed by atoms with Crippen LogP contribution in [0.15, 0.2) is 29.2 Å². The Hall–Kier alpha value is -1.47. The molecule has 1 aromatic carbocycles. The van der Waals surface area contributed by atoms with E-state index in [4.69, 9.17) is 5.11 Å². The zero-order chi connectivity index (χ0) is 14.0. The van der Waals surface area contributed by atoms with Crippen LogP contribution in [0.25, 0.3) is 0 Å². The molecule has 0 amide bonds. The fourth-order valence-corrected chi connectivity index (χ4v) is 3.97. The molecule has 104 valence electrons. The molecular weight excluding hydrogens is 273 g/mol. The standard InChI is InChI=1S/C12H14FNO4S/c13-9-3-5-11(6-4-9)19(17,18)14-7-1-2-10(14)8-12(15)16/h3-6,10H,1-2,7-8H2,(H,15,16)/t10-/m0/s1. The summed E-state index contributed by atoms with van der Waals surface area (Å²) in [4.78, 5) is 10.7. The molecule has 0 aliphatic carbocycles. The second-order valence-corrected chi connectivity index (χ2v) is 6.35. The normalized spacial score (nSPS) is 20.6. The summed E-state index contributed by atoms with van der Waals surface area (Å²) in [6.45, 7) is 0.303. The Kier molecular flexibility index (Phi) is 3.86. The predicted octanol–water partition coefficient (Wildman–Crippen LogP) is 1.45. The van der Waals surface area contributed by atoms with E-state index in [0.717, 1.165) is 12.1 Å². The van der Waals surface area contributed by atoms with Crippen molar-refractivity contribution in [2.45, 2.75) is 30.2 Å². The van der Waals surface area contributed by atoms with Gasteiger partial charge < -0.3 is 5.11 Å². The van der Waals surface area contributed by atoms with Crippen LogP contribution in [0.2, 0.25) is 0 Å². The molecule has 1 aliphatic rings. The molecule has 2 rings (SSSR count). The highest BCUT2D eigenvalue weighted by molar-refractivity contribution is 7.89. The lowest BCUT2D eigenvalue weighted by molar-refractivity contribution is -0.137. The largest absolute Gasteiger partial charge is 0.481 e. The van der Waals surface area contributed by atoms with Crippen molar-refractivity contribution < 1.29 is 22.7 Å². The molecule has 5 nitrogen and oxygen atoms in total. The molecule has 0 spiro atoms. The van der Waals surface area contributed by atoms with E-state index >= 15 is 0 Å². The highest BCUT2D eigenvalue weighted by Crippen LogP contribution is 2.27. The quantitative estimate of drug-likeness (QED) is 0.909. The predicted molar refractivity (Wildman–Crippen MR) is 65.6 cm³/mol. The van der Waals surface area contributed by atoms with Gasteiger partial charge in [0.1, 0.15) is 5.82 Å². The van der Waals surface area contributed by atoms with Gasteiger partial charge in [-0.1, -0.05) is 0 Å². The van der Waals surface area contributed by atoms with E-state index < -0.39 is 27.9 Å². The van der Waals surface area contributed by atoms with Crippen LogP contribution < -0.4 is 0 Å². The van der Waals surface area contributed by atoms with Gasteiger partial charge in [0.2, 0.25) is 10.0 Å². The van der Waals surface area contributed by atoms with Gasteiger partial charge >= 0.3 is 5.97 Å². The van der Waals surface area contributed by atoms with Crippen LogP contribution in [0.1, 0.15) is 19.3 Å². The fourth-order valence-electron chi connectivity index (χ4n) is 2.27. The molecule has 7 heteroatoms. The fraction of sp³-hybridized carbons (Fsp3) is 0.417. The van der Waals surface area contributed by atoms with Crippen LogP contribution >= 0.6 is 0 Å². The second-order valence-electron chi connectivity index (χ2n) is 4.46. The Morgan fingerprint density at radius 2 is 2.00 bits per heavy atom. The minimum atomic E-state index is -3.75. The van der Waals surface area contributed by atoms with Gasteiger partial charge in [-0.05, 0) is 37.1 Å². The third kappa shape index (κ3) is 2.93. The van der Waals surface area contributed by atoms with Crippen LogP contribution in [-0.2, 0) is 14.8 Å². The lowest BCUT2D eigenvalue weighted by atomic mass is 10.2. The average Bonchev–Trinajstić information content (AvgIpc) is 2.77. The topological polar surface area (TPSA) is 74.7 Å². The van der Waals surface area contributed by atoms with Crippen molar-refractivity contribution in [3.63, 3.8) is 0 Å². The van der Waals surface area contributed by atoms with Crippen molar-refractivity contribution in [3.8, 4) is 0 Å². The van der Waals surface area contributed by atoms with Crippen molar-refractivity contribution in [3.05, 3.63) is 30.1 Å². The average molecular weight is 287 g/mol. The molecule has 1 aliphatic heterocycles. The van der Waals surface area contributed by atoms with Crippen molar-refractivity contribution in [1.29, 1.82) is 0 Å². The number of sulfonamides is 1. The third-order valence-corrected chi connectivity index (χ3v) is 5.12. The lowest BCUT2D eigenvalue weighted by Crippen LogP contribution is -2.36. The van der Waals surface area contributed by atoms with Gasteiger partial charge in [0.25, 0.3) is 0 Å². The molecular formula is C12H14FNO4S. The summed E-state index contributed by atoms with van der Waals surface area (Å²) in [7, 11) is -3.75. The van der Waals surface area contributed by atoms with Gasteiger partial charge in [0.15, 0.2) is 0 Å². The molecule has 1 heterocycles. The van der Waals surface area contributed by atoms with Gasteiger partial charge in [-0.2, -0.15) is 4.31 Å². The molecule has 0 unspecified atom stereocenters. The number of rotatable bonds is 4. The Labute approximate surface area is 110 Å². The Balaban J connectivity index is 2.28. The third-order valence-electron chi connectivity index (χ3n) is 3.15. The summed E-state index contributed by atoms with van der Waals surface area (Å²) in [6, 6.07) is 4.03. The second kappa shape index (κ2) is 5.26. The van der Waals surface area contributed by atoms with Crippen LogP contribution in [0.3, 0.4) is 0 Å². The number of hydrogen-bond donors (Lipinski definition) is 1. The molecule has 1 aromatic rings. The summed E-state index contributed by atoms with van der Waals surface area (Å²) in [6.07, 6.45) is 0.964. The number of hydrogen-bond acceptors (Lipinski definition) is 3. The van der Waals surface area contributed by atoms with Crippen molar-refractivity contribution in [1.82, 2.24) is 4.31 Å².